The summed E-state index contributed by atoms with van der Waals surface area (Å²) in [6.45, 7) is 6.71. The van der Waals surface area contributed by atoms with Crippen LogP contribution in [-0.2, 0) is 27.3 Å². The van der Waals surface area contributed by atoms with Crippen molar-refractivity contribution in [1.82, 2.24) is 40.6 Å². The zero-order valence-electron chi connectivity index (χ0n) is 23.7. The van der Waals surface area contributed by atoms with Gasteiger partial charge >= 0.3 is 0 Å². The molecular formula is C29H36N8O4. The smallest absolute Gasteiger partial charge is 0.272 e. The van der Waals surface area contributed by atoms with Crippen LogP contribution < -0.4 is 16.0 Å². The molecule has 0 bridgehead atoms. The van der Waals surface area contributed by atoms with Gasteiger partial charge in [-0.1, -0.05) is 50.2 Å². The third-order valence-electron chi connectivity index (χ3n) is 6.86. The first-order valence-electron chi connectivity index (χ1n) is 13.7. The molecule has 1 aliphatic heterocycles. The number of nitrogens with one attached hydrogen (secondary N) is 3. The van der Waals surface area contributed by atoms with E-state index in [0.717, 1.165) is 5.56 Å². The fraction of sp³-hybridized carbons (Fsp3) is 0.414. The Bertz CT molecular complexity index is 1380. The van der Waals surface area contributed by atoms with Crippen LogP contribution >= 0.6 is 0 Å². The van der Waals surface area contributed by atoms with Gasteiger partial charge < -0.3 is 20.9 Å². The molecule has 4 rings (SSSR count). The maximum absolute atomic E-state index is 13.6. The summed E-state index contributed by atoms with van der Waals surface area (Å²) in [5.74, 6) is -0.954. The number of aryl methyl sites for hydroxylation is 1. The van der Waals surface area contributed by atoms with Crippen LogP contribution in [0.5, 0.6) is 0 Å². The van der Waals surface area contributed by atoms with E-state index >= 15 is 0 Å². The molecule has 3 atom stereocenters. The van der Waals surface area contributed by atoms with E-state index in [9.17, 15) is 19.2 Å². The number of aromatic nitrogens is 4. The van der Waals surface area contributed by atoms with Crippen LogP contribution in [-0.4, -0.2) is 73.5 Å². The van der Waals surface area contributed by atoms with E-state index in [-0.39, 0.29) is 31.2 Å². The van der Waals surface area contributed by atoms with E-state index in [2.05, 4.69) is 31.0 Å². The van der Waals surface area contributed by atoms with Gasteiger partial charge in [-0.15, -0.1) is 0 Å². The Balaban J connectivity index is 1.73. The predicted molar refractivity (Wildman–Crippen MR) is 150 cm³/mol. The number of pyridine rings is 1. The molecule has 12 heteroatoms. The second-order valence-electron chi connectivity index (χ2n) is 10.5. The predicted octanol–water partition coefficient (Wildman–Crippen LogP) is 1.18. The number of carbonyl (C=O) groups excluding carboxylic acids is 4. The first-order valence-corrected chi connectivity index (χ1v) is 13.7. The molecule has 0 fully saturated rings. The Morgan fingerprint density at radius 2 is 1.68 bits per heavy atom. The third kappa shape index (κ3) is 7.74. The van der Waals surface area contributed by atoms with Crippen LogP contribution in [0.25, 0.3) is 0 Å². The summed E-state index contributed by atoms with van der Waals surface area (Å²) >= 11 is 0. The van der Waals surface area contributed by atoms with Gasteiger partial charge in [-0.25, -0.2) is 9.67 Å². The number of amides is 4. The highest BCUT2D eigenvalue weighted by molar-refractivity contribution is 5.95. The lowest BCUT2D eigenvalue weighted by Crippen LogP contribution is -2.54. The van der Waals surface area contributed by atoms with E-state index in [4.69, 9.17) is 0 Å². The fourth-order valence-electron chi connectivity index (χ4n) is 4.64. The first kappa shape index (κ1) is 29.4. The quantitative estimate of drug-likeness (QED) is 0.434. The summed E-state index contributed by atoms with van der Waals surface area (Å²) in [5, 5.41) is 13.1. The molecule has 4 amide bonds. The lowest BCUT2D eigenvalue weighted by atomic mass is 10.0. The molecule has 0 unspecified atom stereocenters. The molecule has 0 spiro atoms. The SMILES string of the molecule is Cc1nc2n(n1)CC(=O)N[C@H](C)C(=O)N[C@@H](C(C)C)CN(C(=O)c1ccccn1)CC(=O)N[C@H]2Cc1ccccc1. The van der Waals surface area contributed by atoms with Gasteiger partial charge in [-0.05, 0) is 43.9 Å². The van der Waals surface area contributed by atoms with E-state index in [1.807, 2.05) is 44.2 Å². The molecule has 3 aromatic rings. The normalized spacial score (nSPS) is 20.8. The van der Waals surface area contributed by atoms with Crippen LogP contribution in [0.1, 0.15) is 54.5 Å². The monoisotopic (exact) mass is 560 g/mol. The van der Waals surface area contributed by atoms with Gasteiger partial charge in [0.1, 0.15) is 24.1 Å². The number of rotatable bonds is 4. The molecule has 0 aliphatic carbocycles. The number of hydrogen-bond acceptors (Lipinski definition) is 7. The molecular weight excluding hydrogens is 524 g/mol. The maximum Gasteiger partial charge on any atom is 0.272 e. The molecule has 0 saturated carbocycles. The van der Waals surface area contributed by atoms with Crippen LogP contribution in [0, 0.1) is 12.8 Å². The van der Waals surface area contributed by atoms with Crippen molar-refractivity contribution in [3.05, 3.63) is 77.6 Å². The lowest BCUT2D eigenvalue weighted by molar-refractivity contribution is -0.129. The van der Waals surface area contributed by atoms with Gasteiger partial charge in [0, 0.05) is 18.8 Å². The second kappa shape index (κ2) is 13.2. The largest absolute Gasteiger partial charge is 0.350 e. The van der Waals surface area contributed by atoms with Crippen molar-refractivity contribution in [3.63, 3.8) is 0 Å². The van der Waals surface area contributed by atoms with Crippen molar-refractivity contribution in [2.75, 3.05) is 13.1 Å². The van der Waals surface area contributed by atoms with Crippen LogP contribution in [0.4, 0.5) is 0 Å². The summed E-state index contributed by atoms with van der Waals surface area (Å²) < 4.78 is 1.44. The van der Waals surface area contributed by atoms with E-state index in [1.165, 1.54) is 15.8 Å². The summed E-state index contributed by atoms with van der Waals surface area (Å²) in [6.07, 6.45) is 1.89. The highest BCUT2D eigenvalue weighted by Crippen LogP contribution is 2.18. The first-order chi connectivity index (χ1) is 19.6. The average Bonchev–Trinajstić information content (AvgIpc) is 3.31. The van der Waals surface area contributed by atoms with Crippen LogP contribution in [0.15, 0.2) is 54.7 Å². The molecule has 0 radical (unpaired) electrons. The topological polar surface area (TPSA) is 151 Å². The highest BCUT2D eigenvalue weighted by atomic mass is 16.2. The zero-order valence-corrected chi connectivity index (χ0v) is 23.7. The third-order valence-corrected chi connectivity index (χ3v) is 6.86. The van der Waals surface area contributed by atoms with Crippen LogP contribution in [0.2, 0.25) is 0 Å². The summed E-state index contributed by atoms with van der Waals surface area (Å²) in [4.78, 5) is 63.3. The molecule has 216 valence electrons. The maximum atomic E-state index is 13.6. The van der Waals surface area contributed by atoms with E-state index < -0.39 is 41.8 Å². The average molecular weight is 561 g/mol. The van der Waals surface area contributed by atoms with Crippen molar-refractivity contribution in [1.29, 1.82) is 0 Å². The Labute approximate surface area is 238 Å². The fourth-order valence-corrected chi connectivity index (χ4v) is 4.64. The van der Waals surface area contributed by atoms with Gasteiger partial charge in [0.25, 0.3) is 5.91 Å². The van der Waals surface area contributed by atoms with Crippen molar-refractivity contribution in [2.24, 2.45) is 5.92 Å². The van der Waals surface area contributed by atoms with Crippen molar-refractivity contribution < 1.29 is 19.2 Å². The molecule has 2 aromatic heterocycles. The lowest BCUT2D eigenvalue weighted by Gasteiger charge is -2.31. The Morgan fingerprint density at radius 3 is 2.37 bits per heavy atom. The van der Waals surface area contributed by atoms with Crippen molar-refractivity contribution >= 4 is 23.6 Å². The van der Waals surface area contributed by atoms with Crippen LogP contribution in [0.3, 0.4) is 0 Å². The highest BCUT2D eigenvalue weighted by Gasteiger charge is 2.30. The van der Waals surface area contributed by atoms with E-state index in [0.29, 0.717) is 18.1 Å². The number of carbonyl (C=O) groups is 4. The van der Waals surface area contributed by atoms with Gasteiger partial charge in [-0.3, -0.25) is 24.2 Å². The number of hydrogen-bond donors (Lipinski definition) is 3. The Morgan fingerprint density at radius 1 is 0.976 bits per heavy atom. The molecule has 0 saturated heterocycles. The molecule has 12 nitrogen and oxygen atoms in total. The van der Waals surface area contributed by atoms with Crippen molar-refractivity contribution in [2.45, 2.75) is 58.8 Å². The molecule has 1 aromatic carbocycles. The van der Waals surface area contributed by atoms with Gasteiger partial charge in [0.05, 0.1) is 12.6 Å². The summed E-state index contributed by atoms with van der Waals surface area (Å²) in [5.41, 5.74) is 1.13. The summed E-state index contributed by atoms with van der Waals surface area (Å²) in [6, 6.07) is 12.6. The minimum Gasteiger partial charge on any atom is -0.350 e. The van der Waals surface area contributed by atoms with Gasteiger partial charge in [-0.2, -0.15) is 5.10 Å². The number of fused-ring (bicyclic) bond motifs is 1. The number of benzene rings is 1. The Hall–Kier alpha value is -4.61. The zero-order chi connectivity index (χ0) is 29.5. The van der Waals surface area contributed by atoms with Gasteiger partial charge in [0.15, 0.2) is 5.82 Å². The molecule has 1 aliphatic rings. The van der Waals surface area contributed by atoms with E-state index in [1.54, 1.807) is 32.0 Å². The molecule has 41 heavy (non-hydrogen) atoms. The molecule has 3 N–H and O–H groups in total. The Kier molecular flexibility index (Phi) is 9.43. The number of nitrogens with zero attached hydrogens (tertiary/aromatic N) is 5. The van der Waals surface area contributed by atoms with Gasteiger partial charge in [0.2, 0.25) is 17.7 Å². The minimum atomic E-state index is -0.846. The second-order valence-corrected chi connectivity index (χ2v) is 10.5. The summed E-state index contributed by atoms with van der Waals surface area (Å²) in [7, 11) is 0. The molecule has 3 heterocycles. The minimum absolute atomic E-state index is 0.0611. The van der Waals surface area contributed by atoms with Crippen molar-refractivity contribution in [3.8, 4) is 0 Å². The standard InChI is InChI=1S/C29H36N8O4/c1-18(2)24-15-36(29(41)22-12-8-9-13-30-22)16-25(38)33-23(14-21-10-6-5-7-11-21)27-32-20(4)35-37(27)17-26(39)31-19(3)28(40)34-24/h5-13,18-19,23-24H,14-17H2,1-4H3,(H,31,39)(H,33,38)(H,34,40)/t19-,23+,24-/m1/s1.